The fourth-order valence-electron chi connectivity index (χ4n) is 1.34. The molecule has 0 aromatic heterocycles. The van der Waals surface area contributed by atoms with Gasteiger partial charge in [-0.3, -0.25) is 0 Å². The monoisotopic (exact) mass is 129 g/mol. The topological polar surface area (TPSA) is 64.1 Å². The maximum Gasteiger partial charge on any atom is -0.000471 e. The number of hydrogen-bond donors (Lipinski definition) is 3. The van der Waals surface area contributed by atoms with Crippen molar-refractivity contribution in [2.24, 2.45) is 23.3 Å². The van der Waals surface area contributed by atoms with E-state index in [9.17, 15) is 0 Å². The molecule has 0 spiro atoms. The Hall–Kier alpha value is -0.120. The molecule has 0 amide bonds. The average molecular weight is 129 g/mol. The van der Waals surface area contributed by atoms with Crippen LogP contribution >= 0.6 is 0 Å². The maximum atomic E-state index is 5.50. The van der Waals surface area contributed by atoms with Crippen LogP contribution in [0.5, 0.6) is 0 Å². The van der Waals surface area contributed by atoms with Gasteiger partial charge in [0.05, 0.1) is 0 Å². The summed E-state index contributed by atoms with van der Waals surface area (Å²) < 4.78 is 0. The highest BCUT2D eigenvalue weighted by Gasteiger charge is 2.23. The summed E-state index contributed by atoms with van der Waals surface area (Å²) in [6.07, 6.45) is 0. The predicted octanol–water partition coefficient (Wildman–Crippen LogP) is -1.26. The van der Waals surface area contributed by atoms with Gasteiger partial charge in [0.2, 0.25) is 0 Å². The van der Waals surface area contributed by atoms with Gasteiger partial charge in [0, 0.05) is 0 Å². The first kappa shape index (κ1) is 6.99. The van der Waals surface area contributed by atoms with Crippen molar-refractivity contribution in [2.75, 3.05) is 26.2 Å². The number of rotatable bonds is 2. The van der Waals surface area contributed by atoms with Crippen molar-refractivity contribution < 1.29 is 0 Å². The van der Waals surface area contributed by atoms with E-state index < -0.39 is 0 Å². The van der Waals surface area contributed by atoms with E-state index in [1.54, 1.807) is 0 Å². The summed E-state index contributed by atoms with van der Waals surface area (Å²) >= 11 is 0. The van der Waals surface area contributed by atoms with Crippen LogP contribution in [0, 0.1) is 11.8 Å². The number of nitrogens with one attached hydrogen (secondary N) is 1. The largest absolute Gasteiger partial charge is 0.330 e. The zero-order valence-electron chi connectivity index (χ0n) is 5.64. The van der Waals surface area contributed by atoms with E-state index in [0.29, 0.717) is 11.8 Å². The lowest BCUT2D eigenvalue weighted by Gasteiger charge is -2.12. The van der Waals surface area contributed by atoms with Crippen molar-refractivity contribution in [2.45, 2.75) is 0 Å². The molecular formula is C6H15N3. The van der Waals surface area contributed by atoms with Gasteiger partial charge >= 0.3 is 0 Å². The van der Waals surface area contributed by atoms with Gasteiger partial charge in [-0.1, -0.05) is 0 Å². The van der Waals surface area contributed by atoms with Crippen molar-refractivity contribution in [1.29, 1.82) is 0 Å². The lowest BCUT2D eigenvalue weighted by molar-refractivity contribution is 0.437. The van der Waals surface area contributed by atoms with E-state index >= 15 is 0 Å². The molecule has 0 bridgehead atoms. The Bertz CT molecular complexity index is 74.4. The van der Waals surface area contributed by atoms with Gasteiger partial charge in [-0.2, -0.15) is 0 Å². The first-order valence-corrected chi connectivity index (χ1v) is 3.49. The van der Waals surface area contributed by atoms with Crippen LogP contribution < -0.4 is 16.8 Å². The Morgan fingerprint density at radius 3 is 1.89 bits per heavy atom. The summed E-state index contributed by atoms with van der Waals surface area (Å²) in [6, 6.07) is 0. The molecule has 1 heterocycles. The Morgan fingerprint density at radius 1 is 1.11 bits per heavy atom. The first-order chi connectivity index (χ1) is 4.38. The minimum absolute atomic E-state index is 0.620. The summed E-state index contributed by atoms with van der Waals surface area (Å²) in [7, 11) is 0. The molecule has 54 valence electrons. The maximum absolute atomic E-state index is 5.50. The molecule has 0 aromatic rings. The van der Waals surface area contributed by atoms with Gasteiger partial charge in [0.1, 0.15) is 0 Å². The molecular weight excluding hydrogens is 114 g/mol. The van der Waals surface area contributed by atoms with Gasteiger partial charge in [-0.25, -0.2) is 0 Å². The first-order valence-electron chi connectivity index (χ1n) is 3.49. The van der Waals surface area contributed by atoms with Crippen molar-refractivity contribution in [3.8, 4) is 0 Å². The molecule has 0 aromatic carbocycles. The molecule has 0 saturated carbocycles. The SMILES string of the molecule is NCC1CNCC1CN. The summed E-state index contributed by atoms with van der Waals surface area (Å²) in [6.45, 7) is 3.65. The third-order valence-electron chi connectivity index (χ3n) is 2.09. The van der Waals surface area contributed by atoms with Crippen molar-refractivity contribution >= 4 is 0 Å². The minimum Gasteiger partial charge on any atom is -0.330 e. The standard InChI is InChI=1S/C6H15N3/c7-1-5-3-9-4-6(5)2-8/h5-6,9H,1-4,7-8H2. The zero-order chi connectivity index (χ0) is 6.69. The Labute approximate surface area is 55.8 Å². The van der Waals surface area contributed by atoms with Gasteiger partial charge in [-0.05, 0) is 38.0 Å². The fourth-order valence-corrected chi connectivity index (χ4v) is 1.34. The smallest absolute Gasteiger partial charge is 0.000471 e. The average Bonchev–Trinajstić information content (AvgIpc) is 2.33. The molecule has 1 rings (SSSR count). The summed E-state index contributed by atoms with van der Waals surface area (Å²) in [5, 5.41) is 3.26. The highest BCUT2D eigenvalue weighted by Crippen LogP contribution is 2.12. The molecule has 2 atom stereocenters. The lowest BCUT2D eigenvalue weighted by atomic mass is 9.97. The quantitative estimate of drug-likeness (QED) is 0.436. The van der Waals surface area contributed by atoms with E-state index in [-0.39, 0.29) is 0 Å². The second kappa shape index (κ2) is 3.15. The van der Waals surface area contributed by atoms with E-state index in [2.05, 4.69) is 5.32 Å². The number of nitrogens with two attached hydrogens (primary N) is 2. The van der Waals surface area contributed by atoms with Crippen LogP contribution in [0.1, 0.15) is 0 Å². The molecule has 3 nitrogen and oxygen atoms in total. The van der Waals surface area contributed by atoms with Gasteiger partial charge in [0.15, 0.2) is 0 Å². The third kappa shape index (κ3) is 1.41. The second-order valence-electron chi connectivity index (χ2n) is 2.65. The highest BCUT2D eigenvalue weighted by molar-refractivity contribution is 4.81. The molecule has 1 aliphatic rings. The Morgan fingerprint density at radius 2 is 1.56 bits per heavy atom. The molecule has 0 radical (unpaired) electrons. The van der Waals surface area contributed by atoms with Gasteiger partial charge in [-0.15, -0.1) is 0 Å². The van der Waals surface area contributed by atoms with Crippen LogP contribution in [-0.4, -0.2) is 26.2 Å². The van der Waals surface area contributed by atoms with Gasteiger partial charge in [0.25, 0.3) is 0 Å². The predicted molar refractivity (Wildman–Crippen MR) is 38.0 cm³/mol. The zero-order valence-corrected chi connectivity index (χ0v) is 5.64. The highest BCUT2D eigenvalue weighted by atomic mass is 14.9. The molecule has 3 heteroatoms. The summed E-state index contributed by atoms with van der Waals surface area (Å²) in [5.74, 6) is 1.24. The third-order valence-corrected chi connectivity index (χ3v) is 2.09. The molecule has 2 unspecified atom stereocenters. The van der Waals surface area contributed by atoms with Crippen molar-refractivity contribution in [3.05, 3.63) is 0 Å². The molecule has 9 heavy (non-hydrogen) atoms. The lowest BCUT2D eigenvalue weighted by Crippen LogP contribution is -2.27. The normalized spacial score (nSPS) is 35.3. The summed E-state index contributed by atoms with van der Waals surface area (Å²) in [4.78, 5) is 0. The number of hydrogen-bond acceptors (Lipinski definition) is 3. The molecule has 1 aliphatic heterocycles. The van der Waals surface area contributed by atoms with E-state index in [1.807, 2.05) is 0 Å². The summed E-state index contributed by atoms with van der Waals surface area (Å²) in [5.41, 5.74) is 11.0. The van der Waals surface area contributed by atoms with Crippen LogP contribution in [0.25, 0.3) is 0 Å². The van der Waals surface area contributed by atoms with E-state index in [4.69, 9.17) is 11.5 Å². The Kier molecular flexibility index (Phi) is 2.45. The Balaban J connectivity index is 2.32. The van der Waals surface area contributed by atoms with Crippen LogP contribution in [0.2, 0.25) is 0 Å². The van der Waals surface area contributed by atoms with Gasteiger partial charge < -0.3 is 16.8 Å². The van der Waals surface area contributed by atoms with Crippen LogP contribution in [-0.2, 0) is 0 Å². The minimum atomic E-state index is 0.620. The van der Waals surface area contributed by atoms with E-state index in [0.717, 1.165) is 26.2 Å². The van der Waals surface area contributed by atoms with Crippen molar-refractivity contribution in [3.63, 3.8) is 0 Å². The molecule has 1 saturated heterocycles. The molecule has 5 N–H and O–H groups in total. The fraction of sp³-hybridized carbons (Fsp3) is 1.00. The van der Waals surface area contributed by atoms with Crippen molar-refractivity contribution in [1.82, 2.24) is 5.32 Å². The molecule has 1 fully saturated rings. The van der Waals surface area contributed by atoms with Crippen LogP contribution in [0.15, 0.2) is 0 Å². The van der Waals surface area contributed by atoms with Crippen LogP contribution in [0.3, 0.4) is 0 Å². The molecule has 0 aliphatic carbocycles. The van der Waals surface area contributed by atoms with E-state index in [1.165, 1.54) is 0 Å². The van der Waals surface area contributed by atoms with Crippen LogP contribution in [0.4, 0.5) is 0 Å². The second-order valence-corrected chi connectivity index (χ2v) is 2.65.